The molecule has 0 aliphatic heterocycles. The van der Waals surface area contributed by atoms with Gasteiger partial charge in [-0.05, 0) is 18.4 Å². The van der Waals surface area contributed by atoms with Gasteiger partial charge < -0.3 is 5.32 Å². The molecule has 1 rings (SSSR count). The Morgan fingerprint density at radius 2 is 2.54 bits per heavy atom. The monoisotopic (exact) mass is 196 g/mol. The summed E-state index contributed by atoms with van der Waals surface area (Å²) < 4.78 is 0. The van der Waals surface area contributed by atoms with Crippen LogP contribution in [0.3, 0.4) is 0 Å². The van der Waals surface area contributed by atoms with Crippen LogP contribution in [0.1, 0.15) is 10.4 Å². The zero-order chi connectivity index (χ0) is 9.52. The van der Waals surface area contributed by atoms with Crippen molar-refractivity contribution in [2.75, 3.05) is 18.6 Å². The Balaban J connectivity index is 2.40. The van der Waals surface area contributed by atoms with E-state index in [1.807, 2.05) is 6.26 Å². The molecule has 13 heavy (non-hydrogen) atoms. The molecular formula is C9H12N2OS. The Labute approximate surface area is 81.9 Å². The molecule has 0 aliphatic rings. The topological polar surface area (TPSA) is 42.0 Å². The Morgan fingerprint density at radius 3 is 3.15 bits per heavy atom. The second-order valence-corrected chi connectivity index (χ2v) is 3.48. The Morgan fingerprint density at radius 1 is 1.69 bits per heavy atom. The van der Waals surface area contributed by atoms with Crippen LogP contribution in [0.2, 0.25) is 0 Å². The number of aromatic nitrogens is 1. The lowest BCUT2D eigenvalue weighted by atomic mass is 10.3. The van der Waals surface area contributed by atoms with Gasteiger partial charge in [-0.3, -0.25) is 9.78 Å². The van der Waals surface area contributed by atoms with E-state index in [4.69, 9.17) is 0 Å². The van der Waals surface area contributed by atoms with Gasteiger partial charge in [0.1, 0.15) is 0 Å². The first-order valence-corrected chi connectivity index (χ1v) is 5.41. The summed E-state index contributed by atoms with van der Waals surface area (Å²) in [6.07, 6.45) is 5.23. The standard InChI is InChI=1S/C9H12N2OS/c1-13-6-5-11-9(12)8-3-2-4-10-7-8/h2-4,7H,5-6H2,1H3,(H,11,12). The summed E-state index contributed by atoms with van der Waals surface area (Å²) >= 11 is 1.71. The number of nitrogens with zero attached hydrogens (tertiary/aromatic N) is 1. The average molecular weight is 196 g/mol. The van der Waals surface area contributed by atoms with Gasteiger partial charge in [0.2, 0.25) is 0 Å². The SMILES string of the molecule is CSCCNC(=O)c1cccnc1. The molecule has 0 radical (unpaired) electrons. The largest absolute Gasteiger partial charge is 0.351 e. The fraction of sp³-hybridized carbons (Fsp3) is 0.333. The molecule has 0 unspecified atom stereocenters. The number of carbonyl (C=O) groups is 1. The minimum Gasteiger partial charge on any atom is -0.351 e. The molecule has 1 N–H and O–H groups in total. The van der Waals surface area contributed by atoms with E-state index in [9.17, 15) is 4.79 Å². The molecule has 0 saturated carbocycles. The van der Waals surface area contributed by atoms with Crippen molar-refractivity contribution in [3.8, 4) is 0 Å². The third-order valence-corrected chi connectivity index (χ3v) is 2.13. The van der Waals surface area contributed by atoms with Crippen LogP contribution in [-0.4, -0.2) is 29.4 Å². The zero-order valence-corrected chi connectivity index (χ0v) is 8.30. The minimum atomic E-state index is -0.0536. The fourth-order valence-corrected chi connectivity index (χ4v) is 1.17. The first-order valence-electron chi connectivity index (χ1n) is 4.02. The number of carbonyl (C=O) groups excluding carboxylic acids is 1. The molecular weight excluding hydrogens is 184 g/mol. The number of hydrogen-bond donors (Lipinski definition) is 1. The van der Waals surface area contributed by atoms with Gasteiger partial charge >= 0.3 is 0 Å². The van der Waals surface area contributed by atoms with Crippen molar-refractivity contribution in [3.63, 3.8) is 0 Å². The lowest BCUT2D eigenvalue weighted by Crippen LogP contribution is -2.25. The molecule has 1 amide bonds. The summed E-state index contributed by atoms with van der Waals surface area (Å²) in [6, 6.07) is 3.50. The van der Waals surface area contributed by atoms with Gasteiger partial charge in [0.05, 0.1) is 5.56 Å². The van der Waals surface area contributed by atoms with Crippen LogP contribution < -0.4 is 5.32 Å². The Hall–Kier alpha value is -1.03. The number of thioether (sulfide) groups is 1. The van der Waals surface area contributed by atoms with Gasteiger partial charge in [-0.25, -0.2) is 0 Å². The van der Waals surface area contributed by atoms with E-state index in [1.165, 1.54) is 0 Å². The Kier molecular flexibility index (Phi) is 4.32. The fourth-order valence-electron chi connectivity index (χ4n) is 0.866. The first-order chi connectivity index (χ1) is 6.34. The van der Waals surface area contributed by atoms with Crippen molar-refractivity contribution in [2.45, 2.75) is 0 Å². The smallest absolute Gasteiger partial charge is 0.252 e. The summed E-state index contributed by atoms with van der Waals surface area (Å²) in [7, 11) is 0. The second-order valence-electron chi connectivity index (χ2n) is 2.49. The minimum absolute atomic E-state index is 0.0536. The maximum absolute atomic E-state index is 11.4. The Bertz CT molecular complexity index is 264. The molecule has 0 bridgehead atoms. The summed E-state index contributed by atoms with van der Waals surface area (Å²) in [4.78, 5) is 15.2. The molecule has 3 nitrogen and oxygen atoms in total. The number of pyridine rings is 1. The lowest BCUT2D eigenvalue weighted by molar-refractivity contribution is 0.0956. The number of nitrogens with one attached hydrogen (secondary N) is 1. The highest BCUT2D eigenvalue weighted by molar-refractivity contribution is 7.98. The molecule has 0 spiro atoms. The van der Waals surface area contributed by atoms with Gasteiger partial charge in [-0.15, -0.1) is 0 Å². The van der Waals surface area contributed by atoms with E-state index >= 15 is 0 Å². The highest BCUT2D eigenvalue weighted by atomic mass is 32.2. The van der Waals surface area contributed by atoms with Crippen molar-refractivity contribution in [2.24, 2.45) is 0 Å². The third kappa shape index (κ3) is 3.46. The van der Waals surface area contributed by atoms with E-state index in [-0.39, 0.29) is 5.91 Å². The maximum atomic E-state index is 11.4. The molecule has 70 valence electrons. The molecule has 1 heterocycles. The molecule has 1 aromatic rings. The van der Waals surface area contributed by atoms with Crippen molar-refractivity contribution in [1.29, 1.82) is 0 Å². The molecule has 0 fully saturated rings. The molecule has 0 aliphatic carbocycles. The van der Waals surface area contributed by atoms with Crippen LogP contribution in [0.15, 0.2) is 24.5 Å². The van der Waals surface area contributed by atoms with Crippen LogP contribution in [0, 0.1) is 0 Å². The van der Waals surface area contributed by atoms with Crippen LogP contribution in [0.5, 0.6) is 0 Å². The van der Waals surface area contributed by atoms with Crippen LogP contribution >= 0.6 is 11.8 Å². The zero-order valence-electron chi connectivity index (χ0n) is 7.49. The summed E-state index contributed by atoms with van der Waals surface area (Å²) in [5.74, 6) is 0.883. The van der Waals surface area contributed by atoms with E-state index in [2.05, 4.69) is 10.3 Å². The van der Waals surface area contributed by atoms with E-state index in [0.717, 1.165) is 5.75 Å². The number of hydrogen-bond acceptors (Lipinski definition) is 3. The van der Waals surface area contributed by atoms with Gasteiger partial charge in [-0.2, -0.15) is 11.8 Å². The predicted octanol–water partition coefficient (Wildman–Crippen LogP) is 1.17. The highest BCUT2D eigenvalue weighted by Crippen LogP contribution is 1.95. The summed E-state index contributed by atoms with van der Waals surface area (Å²) in [5.41, 5.74) is 0.614. The summed E-state index contributed by atoms with van der Waals surface area (Å²) in [6.45, 7) is 0.703. The van der Waals surface area contributed by atoms with Gasteiger partial charge in [0.25, 0.3) is 5.91 Å². The molecule has 0 aromatic carbocycles. The molecule has 0 atom stereocenters. The van der Waals surface area contributed by atoms with Crippen LogP contribution in [0.4, 0.5) is 0 Å². The first kappa shape index (κ1) is 10.1. The quantitative estimate of drug-likeness (QED) is 0.735. The number of rotatable bonds is 4. The van der Waals surface area contributed by atoms with Crippen molar-refractivity contribution in [3.05, 3.63) is 30.1 Å². The molecule has 4 heteroatoms. The third-order valence-electron chi connectivity index (χ3n) is 1.52. The van der Waals surface area contributed by atoms with Gasteiger partial charge in [-0.1, -0.05) is 0 Å². The molecule has 1 aromatic heterocycles. The van der Waals surface area contributed by atoms with Crippen molar-refractivity contribution < 1.29 is 4.79 Å². The van der Waals surface area contributed by atoms with E-state index in [0.29, 0.717) is 12.1 Å². The lowest BCUT2D eigenvalue weighted by Gasteiger charge is -2.02. The summed E-state index contributed by atoms with van der Waals surface area (Å²) in [5, 5.41) is 2.80. The van der Waals surface area contributed by atoms with Gasteiger partial charge in [0, 0.05) is 24.7 Å². The average Bonchev–Trinajstić information content (AvgIpc) is 2.19. The normalized spacial score (nSPS) is 9.62. The van der Waals surface area contributed by atoms with Crippen LogP contribution in [-0.2, 0) is 0 Å². The van der Waals surface area contributed by atoms with Crippen molar-refractivity contribution >= 4 is 17.7 Å². The van der Waals surface area contributed by atoms with Crippen LogP contribution in [0.25, 0.3) is 0 Å². The number of amides is 1. The van der Waals surface area contributed by atoms with Gasteiger partial charge in [0.15, 0.2) is 0 Å². The highest BCUT2D eigenvalue weighted by Gasteiger charge is 2.02. The van der Waals surface area contributed by atoms with E-state index in [1.54, 1.807) is 36.3 Å². The van der Waals surface area contributed by atoms with E-state index < -0.39 is 0 Å². The second kappa shape index (κ2) is 5.59. The molecule has 0 saturated heterocycles. The predicted molar refractivity (Wildman–Crippen MR) is 55.0 cm³/mol. The van der Waals surface area contributed by atoms with Crippen molar-refractivity contribution in [1.82, 2.24) is 10.3 Å². The maximum Gasteiger partial charge on any atom is 0.252 e.